The van der Waals surface area contributed by atoms with Crippen LogP contribution in [0.25, 0.3) is 0 Å². The molecule has 0 aliphatic rings. The molecule has 0 saturated carbocycles. The van der Waals surface area contributed by atoms with Crippen LogP contribution in [0.2, 0.25) is 0 Å². The Labute approximate surface area is 237 Å². The molecule has 3 aromatic rings. The number of nitrogens with zero attached hydrogens (tertiary/aromatic N) is 2. The summed E-state index contributed by atoms with van der Waals surface area (Å²) in [7, 11) is 4.83. The predicted molar refractivity (Wildman–Crippen MR) is 155 cm³/mol. The first-order valence-corrected chi connectivity index (χ1v) is 13.9. The number of unbranched alkanes of at least 4 members (excludes halogenated alkanes) is 1. The normalized spacial score (nSPS) is 10.8. The maximum absolute atomic E-state index is 13.7. The molecule has 1 heterocycles. The highest BCUT2D eigenvalue weighted by Gasteiger charge is 2.23. The zero-order chi connectivity index (χ0) is 28.7. The maximum Gasteiger partial charge on any atom is 0.254 e. The number of carbonyl (C=O) groups excluding carboxylic acids is 2. The summed E-state index contributed by atoms with van der Waals surface area (Å²) in [5.74, 6) is 1.66. The number of methoxy groups -OCH3 is 3. The lowest BCUT2D eigenvalue weighted by Crippen LogP contribution is -2.44. The molecule has 2 amide bonds. The van der Waals surface area contributed by atoms with Gasteiger partial charge >= 0.3 is 0 Å². The molecular weight excluding hydrogens is 508 g/mol. The molecule has 0 atom stereocenters. The van der Waals surface area contributed by atoms with Crippen molar-refractivity contribution in [2.75, 3.05) is 47.6 Å². The third-order valence-electron chi connectivity index (χ3n) is 6.81. The zero-order valence-corrected chi connectivity index (χ0v) is 24.2. The minimum absolute atomic E-state index is 0.0349. The van der Waals surface area contributed by atoms with Crippen molar-refractivity contribution >= 4 is 11.8 Å². The third-order valence-corrected chi connectivity index (χ3v) is 6.81. The lowest BCUT2D eigenvalue weighted by Gasteiger charge is -2.27. The molecule has 0 unspecified atom stereocenters. The Bertz CT molecular complexity index is 1180. The van der Waals surface area contributed by atoms with Gasteiger partial charge in [0.05, 0.1) is 27.0 Å². The summed E-state index contributed by atoms with van der Waals surface area (Å²) in [6.45, 7) is 3.80. The van der Waals surface area contributed by atoms with E-state index >= 15 is 0 Å². The molecule has 0 saturated heterocycles. The minimum atomic E-state index is -0.163. The van der Waals surface area contributed by atoms with Gasteiger partial charge in [0.1, 0.15) is 12.3 Å². The summed E-state index contributed by atoms with van der Waals surface area (Å²) in [6, 6.07) is 17.1. The molecule has 1 aromatic heterocycles. The topological polar surface area (TPSA) is 81.5 Å². The van der Waals surface area contributed by atoms with Crippen molar-refractivity contribution in [2.45, 2.75) is 45.6 Å². The Balaban J connectivity index is 1.75. The smallest absolute Gasteiger partial charge is 0.254 e. The fourth-order valence-electron chi connectivity index (χ4n) is 4.48. The standard InChI is InChI=1S/C32H42N2O6/c1-5-6-9-25-11-14-27(15-12-25)32(36)34(18-8-20-37-2)24-31(35)33(23-28-10-7-21-40-28)19-17-26-13-16-29(38-3)30(22-26)39-4/h7,10-16,21-22H,5-6,8-9,17-20,23-24H2,1-4H3. The molecule has 0 radical (unpaired) electrons. The molecule has 8 heteroatoms. The van der Waals surface area contributed by atoms with Crippen molar-refractivity contribution < 1.29 is 28.2 Å². The highest BCUT2D eigenvalue weighted by molar-refractivity contribution is 5.96. The summed E-state index contributed by atoms with van der Waals surface area (Å²) in [4.78, 5) is 30.6. The van der Waals surface area contributed by atoms with E-state index in [1.165, 1.54) is 5.56 Å². The van der Waals surface area contributed by atoms with Gasteiger partial charge in [0.2, 0.25) is 5.91 Å². The maximum atomic E-state index is 13.7. The summed E-state index contributed by atoms with van der Waals surface area (Å²) in [6.07, 6.45) is 6.05. The molecule has 0 aliphatic carbocycles. The summed E-state index contributed by atoms with van der Waals surface area (Å²) >= 11 is 0. The zero-order valence-electron chi connectivity index (χ0n) is 24.2. The van der Waals surface area contributed by atoms with Gasteiger partial charge in [-0.2, -0.15) is 0 Å². The monoisotopic (exact) mass is 550 g/mol. The first-order valence-electron chi connectivity index (χ1n) is 13.9. The van der Waals surface area contributed by atoms with Crippen LogP contribution in [0.4, 0.5) is 0 Å². The second-order valence-electron chi connectivity index (χ2n) is 9.71. The average molecular weight is 551 g/mol. The van der Waals surface area contributed by atoms with Crippen LogP contribution in [0.3, 0.4) is 0 Å². The van der Waals surface area contributed by atoms with E-state index in [1.54, 1.807) is 43.5 Å². The molecule has 40 heavy (non-hydrogen) atoms. The van der Waals surface area contributed by atoms with Crippen LogP contribution in [0.5, 0.6) is 11.5 Å². The van der Waals surface area contributed by atoms with Crippen LogP contribution in [0.1, 0.15) is 53.4 Å². The van der Waals surface area contributed by atoms with Crippen LogP contribution in [-0.4, -0.2) is 69.2 Å². The Morgan fingerprint density at radius 3 is 2.23 bits per heavy atom. The number of carbonyl (C=O) groups is 2. The lowest BCUT2D eigenvalue weighted by atomic mass is 10.1. The third kappa shape index (κ3) is 9.16. The summed E-state index contributed by atoms with van der Waals surface area (Å²) in [5.41, 5.74) is 2.79. The average Bonchev–Trinajstić information content (AvgIpc) is 3.50. The minimum Gasteiger partial charge on any atom is -0.493 e. The van der Waals surface area contributed by atoms with Crippen LogP contribution in [-0.2, 0) is 28.9 Å². The Morgan fingerprint density at radius 2 is 1.57 bits per heavy atom. The molecule has 8 nitrogen and oxygen atoms in total. The van der Waals surface area contributed by atoms with Crippen molar-refractivity contribution in [3.8, 4) is 11.5 Å². The number of benzene rings is 2. The molecule has 0 bridgehead atoms. The van der Waals surface area contributed by atoms with Crippen LogP contribution >= 0.6 is 0 Å². The van der Waals surface area contributed by atoms with Gasteiger partial charge in [-0.3, -0.25) is 9.59 Å². The SMILES string of the molecule is CCCCc1ccc(C(=O)N(CCCOC)CC(=O)N(CCc2ccc(OC)c(OC)c2)Cc2ccco2)cc1. The van der Waals surface area contributed by atoms with Crippen molar-refractivity contribution in [3.63, 3.8) is 0 Å². The van der Waals surface area contributed by atoms with Crippen LogP contribution in [0, 0.1) is 0 Å². The van der Waals surface area contributed by atoms with Gasteiger partial charge in [0, 0.05) is 32.4 Å². The van der Waals surface area contributed by atoms with E-state index in [2.05, 4.69) is 6.92 Å². The highest BCUT2D eigenvalue weighted by atomic mass is 16.5. The van der Waals surface area contributed by atoms with Gasteiger partial charge < -0.3 is 28.4 Å². The van der Waals surface area contributed by atoms with Crippen molar-refractivity contribution in [3.05, 3.63) is 83.3 Å². The first-order chi connectivity index (χ1) is 19.5. The van der Waals surface area contributed by atoms with Crippen molar-refractivity contribution in [1.29, 1.82) is 0 Å². The van der Waals surface area contributed by atoms with E-state index in [0.29, 0.717) is 61.9 Å². The van der Waals surface area contributed by atoms with Gasteiger partial charge in [-0.25, -0.2) is 0 Å². The predicted octanol–water partition coefficient (Wildman–Crippen LogP) is 5.39. The lowest BCUT2D eigenvalue weighted by molar-refractivity contribution is -0.132. The van der Waals surface area contributed by atoms with Gasteiger partial charge in [-0.05, 0) is 73.2 Å². The molecule has 0 fully saturated rings. The molecule has 0 N–H and O–H groups in total. The number of amides is 2. The van der Waals surface area contributed by atoms with Crippen molar-refractivity contribution in [2.24, 2.45) is 0 Å². The molecule has 3 rings (SSSR count). The highest BCUT2D eigenvalue weighted by Crippen LogP contribution is 2.28. The van der Waals surface area contributed by atoms with E-state index in [9.17, 15) is 9.59 Å². The number of furan rings is 1. The quantitative estimate of drug-likeness (QED) is 0.210. The molecule has 0 spiro atoms. The fraction of sp³-hybridized carbons (Fsp3) is 0.438. The van der Waals surface area contributed by atoms with E-state index in [4.69, 9.17) is 18.6 Å². The largest absolute Gasteiger partial charge is 0.493 e. The van der Waals surface area contributed by atoms with Gasteiger partial charge in [0.25, 0.3) is 5.91 Å². The number of hydrogen-bond donors (Lipinski definition) is 0. The second-order valence-corrected chi connectivity index (χ2v) is 9.71. The van der Waals surface area contributed by atoms with E-state index in [1.807, 2.05) is 48.5 Å². The first kappa shape index (κ1) is 30.8. The van der Waals surface area contributed by atoms with Gasteiger partial charge in [-0.1, -0.05) is 31.5 Å². The Morgan fingerprint density at radius 1 is 0.825 bits per heavy atom. The van der Waals surface area contributed by atoms with E-state index < -0.39 is 0 Å². The summed E-state index contributed by atoms with van der Waals surface area (Å²) in [5, 5.41) is 0. The molecular formula is C32H42N2O6. The van der Waals surface area contributed by atoms with Gasteiger partial charge in [0.15, 0.2) is 11.5 Å². The van der Waals surface area contributed by atoms with Crippen LogP contribution < -0.4 is 9.47 Å². The molecule has 216 valence electrons. The van der Waals surface area contributed by atoms with Gasteiger partial charge in [-0.15, -0.1) is 0 Å². The molecule has 2 aromatic carbocycles. The Kier molecular flexibility index (Phi) is 12.6. The second kappa shape index (κ2) is 16.4. The van der Waals surface area contributed by atoms with Crippen LogP contribution in [0.15, 0.2) is 65.3 Å². The molecule has 0 aliphatic heterocycles. The fourth-order valence-corrected chi connectivity index (χ4v) is 4.48. The van der Waals surface area contributed by atoms with E-state index in [0.717, 1.165) is 24.8 Å². The number of ether oxygens (including phenoxy) is 3. The number of aryl methyl sites for hydroxylation is 1. The summed E-state index contributed by atoms with van der Waals surface area (Å²) < 4.78 is 21.5. The number of hydrogen-bond acceptors (Lipinski definition) is 6. The van der Waals surface area contributed by atoms with Crippen molar-refractivity contribution in [1.82, 2.24) is 9.80 Å². The number of rotatable bonds is 17. The van der Waals surface area contributed by atoms with E-state index in [-0.39, 0.29) is 18.4 Å². The Hall–Kier alpha value is -3.78.